The van der Waals surface area contributed by atoms with Gasteiger partial charge in [0.25, 0.3) is 0 Å². The summed E-state index contributed by atoms with van der Waals surface area (Å²) in [6.07, 6.45) is -0.135. The number of aromatic nitrogens is 1. The molecule has 0 unspecified atom stereocenters. The van der Waals surface area contributed by atoms with Gasteiger partial charge in [0.1, 0.15) is 12.2 Å². The third-order valence-electron chi connectivity index (χ3n) is 2.96. The molecule has 18 heavy (non-hydrogen) atoms. The summed E-state index contributed by atoms with van der Waals surface area (Å²) in [7, 11) is 0. The average molecular weight is 245 g/mol. The van der Waals surface area contributed by atoms with E-state index in [4.69, 9.17) is 9.52 Å². The number of hydrogen-bond donors (Lipinski definition) is 1. The molecule has 0 aliphatic carbocycles. The average Bonchev–Trinajstić information content (AvgIpc) is 2.63. The lowest BCUT2D eigenvalue weighted by Gasteiger charge is -2.01. The fraction of sp³-hybridized carbons (Fsp3) is 0.286. The van der Waals surface area contributed by atoms with Crippen molar-refractivity contribution in [1.82, 2.24) is 4.98 Å². The second kappa shape index (κ2) is 4.64. The number of carbonyl (C=O) groups is 1. The molecule has 0 spiro atoms. The van der Waals surface area contributed by atoms with Crippen LogP contribution in [0.3, 0.4) is 0 Å². The van der Waals surface area contributed by atoms with Crippen molar-refractivity contribution in [3.05, 3.63) is 40.8 Å². The molecule has 0 bridgehead atoms. The minimum atomic E-state index is -0.916. The summed E-state index contributed by atoms with van der Waals surface area (Å²) in [5, 5.41) is 8.76. The van der Waals surface area contributed by atoms with E-state index in [-0.39, 0.29) is 6.42 Å². The number of nitrogens with zero attached hydrogens (tertiary/aromatic N) is 1. The smallest absolute Gasteiger partial charge is 0.311 e. The maximum absolute atomic E-state index is 10.7. The number of benzene rings is 1. The SMILES string of the molecule is Cc1ccc(-c2nc(C)c(CC(=O)O)o2)cc1C. The van der Waals surface area contributed by atoms with Crippen LogP contribution in [-0.4, -0.2) is 16.1 Å². The van der Waals surface area contributed by atoms with Gasteiger partial charge in [-0.2, -0.15) is 0 Å². The van der Waals surface area contributed by atoms with E-state index in [0.717, 1.165) is 11.1 Å². The van der Waals surface area contributed by atoms with Gasteiger partial charge in [0.2, 0.25) is 5.89 Å². The van der Waals surface area contributed by atoms with Crippen molar-refractivity contribution in [2.45, 2.75) is 27.2 Å². The second-order valence-electron chi connectivity index (χ2n) is 4.40. The number of rotatable bonds is 3. The van der Waals surface area contributed by atoms with Crippen molar-refractivity contribution < 1.29 is 14.3 Å². The van der Waals surface area contributed by atoms with Crippen LogP contribution in [0.2, 0.25) is 0 Å². The zero-order chi connectivity index (χ0) is 13.3. The lowest BCUT2D eigenvalue weighted by atomic mass is 10.1. The highest BCUT2D eigenvalue weighted by Gasteiger charge is 2.14. The lowest BCUT2D eigenvalue weighted by Crippen LogP contribution is -1.99. The first-order valence-corrected chi connectivity index (χ1v) is 5.73. The summed E-state index contributed by atoms with van der Waals surface area (Å²) < 4.78 is 5.51. The topological polar surface area (TPSA) is 63.3 Å². The Morgan fingerprint density at radius 2 is 2.00 bits per heavy atom. The quantitative estimate of drug-likeness (QED) is 0.903. The molecule has 0 fully saturated rings. The maximum Gasteiger partial charge on any atom is 0.311 e. The number of aliphatic carboxylic acids is 1. The molecule has 94 valence electrons. The van der Waals surface area contributed by atoms with Gasteiger partial charge in [-0.25, -0.2) is 4.98 Å². The Hall–Kier alpha value is -2.10. The van der Waals surface area contributed by atoms with Crippen LogP contribution < -0.4 is 0 Å². The molecular formula is C14H15NO3. The number of carboxylic acid groups (broad SMARTS) is 1. The van der Waals surface area contributed by atoms with Crippen LogP contribution in [0.1, 0.15) is 22.6 Å². The van der Waals surface area contributed by atoms with Gasteiger partial charge in [0, 0.05) is 5.56 Å². The summed E-state index contributed by atoms with van der Waals surface area (Å²) in [6, 6.07) is 5.92. The molecule has 2 aromatic rings. The van der Waals surface area contributed by atoms with Gasteiger partial charge in [-0.1, -0.05) is 6.07 Å². The molecule has 0 aliphatic heterocycles. The second-order valence-corrected chi connectivity index (χ2v) is 4.40. The van der Waals surface area contributed by atoms with E-state index in [2.05, 4.69) is 4.98 Å². The van der Waals surface area contributed by atoms with Crippen molar-refractivity contribution in [3.8, 4) is 11.5 Å². The Morgan fingerprint density at radius 1 is 1.28 bits per heavy atom. The minimum absolute atomic E-state index is 0.135. The van der Waals surface area contributed by atoms with E-state index in [1.54, 1.807) is 6.92 Å². The van der Waals surface area contributed by atoms with Crippen LogP contribution in [-0.2, 0) is 11.2 Å². The highest BCUT2D eigenvalue weighted by atomic mass is 16.4. The summed E-state index contributed by atoms with van der Waals surface area (Å²) in [4.78, 5) is 15.0. The van der Waals surface area contributed by atoms with Crippen molar-refractivity contribution in [1.29, 1.82) is 0 Å². The number of hydrogen-bond acceptors (Lipinski definition) is 3. The molecule has 4 heteroatoms. The van der Waals surface area contributed by atoms with E-state index in [1.807, 2.05) is 32.0 Å². The van der Waals surface area contributed by atoms with Gasteiger partial charge in [-0.15, -0.1) is 0 Å². The Balaban J connectivity index is 2.39. The Labute approximate surface area is 105 Å². The zero-order valence-electron chi connectivity index (χ0n) is 10.7. The van der Waals surface area contributed by atoms with Crippen LogP contribution in [0.5, 0.6) is 0 Å². The Kier molecular flexibility index (Phi) is 3.19. The van der Waals surface area contributed by atoms with Gasteiger partial charge >= 0.3 is 5.97 Å². The Bertz CT molecular complexity index is 599. The van der Waals surface area contributed by atoms with Crippen LogP contribution in [0.25, 0.3) is 11.5 Å². The number of oxazole rings is 1. The highest BCUT2D eigenvalue weighted by molar-refractivity contribution is 5.70. The van der Waals surface area contributed by atoms with Crippen LogP contribution in [0.4, 0.5) is 0 Å². The standard InChI is InChI=1S/C14H15NO3/c1-8-4-5-11(6-9(8)2)14-15-10(3)12(18-14)7-13(16)17/h4-6H,7H2,1-3H3,(H,16,17). The third-order valence-corrected chi connectivity index (χ3v) is 2.96. The molecule has 0 radical (unpaired) electrons. The van der Waals surface area contributed by atoms with Gasteiger partial charge in [-0.3, -0.25) is 4.79 Å². The lowest BCUT2D eigenvalue weighted by molar-refractivity contribution is -0.136. The van der Waals surface area contributed by atoms with Crippen molar-refractivity contribution in [3.63, 3.8) is 0 Å². The molecule has 0 saturated carbocycles. The molecule has 1 aromatic heterocycles. The number of carboxylic acids is 1. The molecule has 1 aromatic carbocycles. The van der Waals surface area contributed by atoms with Crippen LogP contribution in [0.15, 0.2) is 22.6 Å². The van der Waals surface area contributed by atoms with Crippen LogP contribution in [0, 0.1) is 20.8 Å². The molecule has 1 N–H and O–H groups in total. The first kappa shape index (κ1) is 12.4. The van der Waals surface area contributed by atoms with Crippen molar-refractivity contribution in [2.75, 3.05) is 0 Å². The molecular weight excluding hydrogens is 230 g/mol. The fourth-order valence-electron chi connectivity index (χ4n) is 1.73. The van der Waals surface area contributed by atoms with Gasteiger partial charge in [0.05, 0.1) is 5.69 Å². The zero-order valence-corrected chi connectivity index (χ0v) is 10.7. The molecule has 0 amide bonds. The predicted molar refractivity (Wildman–Crippen MR) is 67.5 cm³/mol. The molecule has 2 rings (SSSR count). The van der Waals surface area contributed by atoms with E-state index >= 15 is 0 Å². The van der Waals surface area contributed by atoms with Crippen molar-refractivity contribution in [2.24, 2.45) is 0 Å². The Morgan fingerprint density at radius 3 is 2.61 bits per heavy atom. The fourth-order valence-corrected chi connectivity index (χ4v) is 1.73. The monoisotopic (exact) mass is 245 g/mol. The van der Waals surface area contributed by atoms with E-state index < -0.39 is 5.97 Å². The number of aryl methyl sites for hydroxylation is 3. The molecule has 0 saturated heterocycles. The molecule has 0 atom stereocenters. The van der Waals surface area contributed by atoms with E-state index in [0.29, 0.717) is 17.3 Å². The first-order chi connectivity index (χ1) is 8.47. The van der Waals surface area contributed by atoms with Crippen LogP contribution >= 0.6 is 0 Å². The van der Waals surface area contributed by atoms with Gasteiger partial charge < -0.3 is 9.52 Å². The van der Waals surface area contributed by atoms with Gasteiger partial charge in [0.15, 0.2) is 0 Å². The molecule has 4 nitrogen and oxygen atoms in total. The summed E-state index contributed by atoms with van der Waals surface area (Å²) in [5.41, 5.74) is 3.86. The summed E-state index contributed by atoms with van der Waals surface area (Å²) in [6.45, 7) is 5.81. The molecule has 0 aliphatic rings. The summed E-state index contributed by atoms with van der Waals surface area (Å²) >= 11 is 0. The minimum Gasteiger partial charge on any atom is -0.481 e. The maximum atomic E-state index is 10.7. The summed E-state index contributed by atoms with van der Waals surface area (Å²) in [5.74, 6) is -0.0246. The normalized spacial score (nSPS) is 10.6. The highest BCUT2D eigenvalue weighted by Crippen LogP contribution is 2.24. The van der Waals surface area contributed by atoms with E-state index in [1.165, 1.54) is 5.56 Å². The molecule has 1 heterocycles. The largest absolute Gasteiger partial charge is 0.481 e. The van der Waals surface area contributed by atoms with Gasteiger partial charge in [-0.05, 0) is 44.0 Å². The van der Waals surface area contributed by atoms with Crippen molar-refractivity contribution >= 4 is 5.97 Å². The third kappa shape index (κ3) is 2.42. The predicted octanol–water partition coefficient (Wildman–Crippen LogP) is 2.89. The van der Waals surface area contributed by atoms with E-state index in [9.17, 15) is 4.79 Å². The first-order valence-electron chi connectivity index (χ1n) is 5.73.